The smallest absolute Gasteiger partial charge is 0.324 e. The van der Waals surface area contributed by atoms with Crippen molar-refractivity contribution in [3.63, 3.8) is 0 Å². The van der Waals surface area contributed by atoms with Crippen molar-refractivity contribution in [2.75, 3.05) is 5.32 Å². The molecule has 1 N–H and O–H groups in total. The zero-order chi connectivity index (χ0) is 14.9. The lowest BCUT2D eigenvalue weighted by atomic mass is 10.2. The second-order valence-electron chi connectivity index (χ2n) is 4.08. The van der Waals surface area contributed by atoms with Crippen molar-refractivity contribution in [2.45, 2.75) is 13.3 Å². The largest absolute Gasteiger partial charge is 0.338 e. The van der Waals surface area contributed by atoms with E-state index in [4.69, 9.17) is 11.6 Å². The Morgan fingerprint density at radius 1 is 1.15 bits per heavy atom. The highest BCUT2D eigenvalue weighted by Gasteiger charge is 2.17. The molecule has 0 unspecified atom stereocenters. The first-order valence-electron chi connectivity index (χ1n) is 5.51. The summed E-state index contributed by atoms with van der Waals surface area (Å²) in [5.74, 6) is -2.78. The molecule has 0 bridgehead atoms. The molecule has 2 rings (SSSR count). The van der Waals surface area contributed by atoms with Crippen LogP contribution in [0.25, 0.3) is 0 Å². The molecule has 102 valence electrons. The van der Waals surface area contributed by atoms with Gasteiger partial charge in [-0.15, -0.1) is 0 Å². The molecule has 0 aliphatic carbocycles. The van der Waals surface area contributed by atoms with Gasteiger partial charge in [0.15, 0.2) is 0 Å². The normalized spacial score (nSPS) is 13.1. The number of hydrogen-bond donors (Lipinski definition) is 1. The van der Waals surface area contributed by atoms with Crippen LogP contribution in [0.3, 0.4) is 0 Å². The number of nitrogens with one attached hydrogen (secondary N) is 1. The van der Waals surface area contributed by atoms with Crippen molar-refractivity contribution >= 4 is 40.8 Å². The standard InChI is InChI=1S/C12H8ClN3O4/c1-5(17)2-10(18)14-7-4-9-8(3-6(7)13)15-11(19)12(20)16-9/h3-4H,2H2,1H3,(H,14,18). The van der Waals surface area contributed by atoms with Crippen LogP contribution in [0.4, 0.5) is 5.69 Å². The summed E-state index contributed by atoms with van der Waals surface area (Å²) in [6.07, 6.45) is -0.285. The molecule has 0 aromatic heterocycles. The van der Waals surface area contributed by atoms with Gasteiger partial charge in [-0.1, -0.05) is 11.6 Å². The number of carbonyl (C=O) groups is 4. The average molecular weight is 294 g/mol. The average Bonchev–Trinajstić information content (AvgIpc) is 2.32. The number of halogens is 1. The summed E-state index contributed by atoms with van der Waals surface area (Å²) in [6, 6.07) is 2.64. The summed E-state index contributed by atoms with van der Waals surface area (Å²) >= 11 is 5.93. The third kappa shape index (κ3) is 2.94. The van der Waals surface area contributed by atoms with Crippen LogP contribution in [0.1, 0.15) is 13.3 Å². The third-order valence-electron chi connectivity index (χ3n) is 2.37. The van der Waals surface area contributed by atoms with E-state index in [1.54, 1.807) is 0 Å². The van der Waals surface area contributed by atoms with Gasteiger partial charge in [0.25, 0.3) is 0 Å². The van der Waals surface area contributed by atoms with Crippen LogP contribution >= 0.6 is 11.6 Å². The molecular formula is C12H8ClN3O4. The molecule has 20 heavy (non-hydrogen) atoms. The number of rotatable bonds is 3. The van der Waals surface area contributed by atoms with Gasteiger partial charge in [-0.2, -0.15) is 0 Å². The molecule has 1 heterocycles. The fourth-order valence-corrected chi connectivity index (χ4v) is 1.77. The van der Waals surface area contributed by atoms with Crippen molar-refractivity contribution in [3.05, 3.63) is 27.9 Å². The van der Waals surface area contributed by atoms with Crippen molar-refractivity contribution in [2.24, 2.45) is 9.98 Å². The summed E-state index contributed by atoms with van der Waals surface area (Å²) in [6.45, 7) is 1.28. The Labute approximate surface area is 117 Å². The molecule has 0 saturated heterocycles. The first-order chi connectivity index (χ1) is 9.36. The predicted molar refractivity (Wildman–Crippen MR) is 67.7 cm³/mol. The second kappa shape index (κ2) is 5.30. The number of benzene rings is 1. The maximum absolute atomic E-state index is 11.5. The number of ketones is 1. The summed E-state index contributed by atoms with van der Waals surface area (Å²) in [7, 11) is 0. The lowest BCUT2D eigenvalue weighted by Gasteiger charge is -2.07. The second-order valence-corrected chi connectivity index (χ2v) is 4.49. The topological polar surface area (TPSA) is 105 Å². The first-order valence-corrected chi connectivity index (χ1v) is 5.89. The molecule has 1 aliphatic rings. The van der Waals surface area contributed by atoms with Crippen molar-refractivity contribution in [1.82, 2.24) is 0 Å². The van der Waals surface area contributed by atoms with Gasteiger partial charge in [-0.25, -0.2) is 9.98 Å². The van der Waals surface area contributed by atoms with E-state index < -0.39 is 17.7 Å². The van der Waals surface area contributed by atoms with Crippen LogP contribution in [0, 0.1) is 0 Å². The molecular weight excluding hydrogens is 286 g/mol. The Bertz CT molecular complexity index is 770. The van der Waals surface area contributed by atoms with Gasteiger partial charge in [-0.05, 0) is 19.1 Å². The van der Waals surface area contributed by atoms with Gasteiger partial charge in [-0.3, -0.25) is 19.2 Å². The third-order valence-corrected chi connectivity index (χ3v) is 2.69. The van der Waals surface area contributed by atoms with Crippen LogP contribution in [0.15, 0.2) is 22.1 Å². The summed E-state index contributed by atoms with van der Waals surface area (Å²) in [5, 5.41) is 2.85. The number of hydrogen-bond acceptors (Lipinski definition) is 4. The molecule has 0 saturated carbocycles. The van der Waals surface area contributed by atoms with Crippen molar-refractivity contribution in [3.8, 4) is 0 Å². The number of nitrogens with zero attached hydrogens (tertiary/aromatic N) is 2. The molecule has 1 aromatic rings. The van der Waals surface area contributed by atoms with Crippen LogP contribution in [-0.2, 0) is 19.2 Å². The SMILES string of the molecule is CC(=O)CC(=O)Nc1cc2c(cc1Cl)=NC(=O)C(=O)N=2. The highest BCUT2D eigenvalue weighted by atomic mass is 35.5. The molecule has 0 radical (unpaired) electrons. The Morgan fingerprint density at radius 3 is 2.25 bits per heavy atom. The van der Waals surface area contributed by atoms with Gasteiger partial charge < -0.3 is 5.32 Å². The van der Waals surface area contributed by atoms with Crippen LogP contribution < -0.4 is 16.0 Å². The van der Waals surface area contributed by atoms with E-state index in [2.05, 4.69) is 15.3 Å². The minimum Gasteiger partial charge on any atom is -0.324 e. The van der Waals surface area contributed by atoms with Gasteiger partial charge >= 0.3 is 11.8 Å². The first kappa shape index (κ1) is 14.0. The van der Waals surface area contributed by atoms with Crippen LogP contribution in [-0.4, -0.2) is 23.5 Å². The molecule has 8 heteroatoms. The van der Waals surface area contributed by atoms with Gasteiger partial charge in [0.05, 0.1) is 27.8 Å². The minimum absolute atomic E-state index is 0.127. The number of anilines is 1. The van der Waals surface area contributed by atoms with Gasteiger partial charge in [0, 0.05) is 0 Å². The molecule has 1 aromatic carbocycles. The van der Waals surface area contributed by atoms with E-state index in [-0.39, 0.29) is 33.6 Å². The van der Waals surface area contributed by atoms with E-state index in [1.165, 1.54) is 19.1 Å². The van der Waals surface area contributed by atoms with E-state index >= 15 is 0 Å². The van der Waals surface area contributed by atoms with Crippen LogP contribution in [0.5, 0.6) is 0 Å². The van der Waals surface area contributed by atoms with Crippen molar-refractivity contribution in [1.29, 1.82) is 0 Å². The maximum atomic E-state index is 11.5. The Balaban J connectivity index is 2.41. The molecule has 0 atom stereocenters. The molecule has 1 aliphatic heterocycles. The van der Waals surface area contributed by atoms with E-state index in [1.807, 2.05) is 0 Å². The zero-order valence-electron chi connectivity index (χ0n) is 10.3. The number of carbonyl (C=O) groups excluding carboxylic acids is 4. The van der Waals surface area contributed by atoms with E-state index in [0.717, 1.165) is 0 Å². The highest BCUT2D eigenvalue weighted by molar-refractivity contribution is 6.36. The molecule has 7 nitrogen and oxygen atoms in total. The molecule has 0 fully saturated rings. The van der Waals surface area contributed by atoms with E-state index in [9.17, 15) is 19.2 Å². The quantitative estimate of drug-likeness (QED) is 0.602. The van der Waals surface area contributed by atoms with Crippen LogP contribution in [0.2, 0.25) is 5.02 Å². The fourth-order valence-electron chi connectivity index (χ4n) is 1.56. The Hall–Kier alpha value is -2.41. The summed E-state index contributed by atoms with van der Waals surface area (Å²) in [4.78, 5) is 51.6. The predicted octanol–water partition coefficient (Wildman–Crippen LogP) is -0.436. The summed E-state index contributed by atoms with van der Waals surface area (Å²) < 4.78 is 0. The minimum atomic E-state index is -0.985. The Kier molecular flexibility index (Phi) is 3.71. The van der Waals surface area contributed by atoms with Gasteiger partial charge in [0.2, 0.25) is 5.91 Å². The fraction of sp³-hybridized carbons (Fsp3) is 0.167. The maximum Gasteiger partial charge on any atom is 0.338 e. The summed E-state index contributed by atoms with van der Waals surface area (Å²) in [5.41, 5.74) is 0.192. The lowest BCUT2D eigenvalue weighted by Crippen LogP contribution is -2.35. The number of fused-ring (bicyclic) bond motifs is 1. The monoisotopic (exact) mass is 293 g/mol. The van der Waals surface area contributed by atoms with Crippen molar-refractivity contribution < 1.29 is 19.2 Å². The van der Waals surface area contributed by atoms with E-state index in [0.29, 0.717) is 0 Å². The Morgan fingerprint density at radius 2 is 1.70 bits per heavy atom. The molecule has 0 spiro atoms. The van der Waals surface area contributed by atoms with Gasteiger partial charge in [0.1, 0.15) is 5.78 Å². The number of Topliss-reactive ketones (excluding diaryl/α,β-unsaturated/α-hetero) is 1. The molecule has 3 amide bonds. The highest BCUT2D eigenvalue weighted by Crippen LogP contribution is 2.17. The zero-order valence-corrected chi connectivity index (χ0v) is 11.0. The lowest BCUT2D eigenvalue weighted by molar-refractivity contribution is -0.135. The number of amides is 3.